The van der Waals surface area contributed by atoms with Gasteiger partial charge in [0.25, 0.3) is 0 Å². The van der Waals surface area contributed by atoms with Crippen molar-refractivity contribution in [2.45, 2.75) is 39.2 Å². The monoisotopic (exact) mass is 213 g/mol. The van der Waals surface area contributed by atoms with Crippen molar-refractivity contribution in [2.24, 2.45) is 16.9 Å². The van der Waals surface area contributed by atoms with Crippen LogP contribution in [0.4, 0.5) is 0 Å². The third kappa shape index (κ3) is 3.47. The Labute approximate surface area is 92.0 Å². The summed E-state index contributed by atoms with van der Waals surface area (Å²) in [4.78, 5) is 13.4. The van der Waals surface area contributed by atoms with E-state index in [4.69, 9.17) is 11.5 Å². The minimum Gasteiger partial charge on any atom is -0.368 e. The SMILES string of the molecule is CC1(C)CCCN(CC(C)(N)C(N)=O)C1. The van der Waals surface area contributed by atoms with Crippen LogP contribution >= 0.6 is 0 Å². The first-order valence-electron chi connectivity index (χ1n) is 5.54. The molecule has 0 aromatic rings. The fraction of sp³-hybridized carbons (Fsp3) is 0.909. The molecule has 0 bridgehead atoms. The molecule has 1 amide bonds. The average molecular weight is 213 g/mol. The number of piperidine rings is 1. The summed E-state index contributed by atoms with van der Waals surface area (Å²) in [5, 5.41) is 0. The summed E-state index contributed by atoms with van der Waals surface area (Å²) in [6.07, 6.45) is 2.41. The minimum absolute atomic E-state index is 0.325. The Kier molecular flexibility index (Phi) is 3.41. The van der Waals surface area contributed by atoms with E-state index in [9.17, 15) is 4.79 Å². The molecule has 0 radical (unpaired) electrons. The fourth-order valence-electron chi connectivity index (χ4n) is 2.22. The molecule has 1 atom stereocenters. The van der Waals surface area contributed by atoms with Crippen LogP contribution in [0.25, 0.3) is 0 Å². The van der Waals surface area contributed by atoms with Crippen LogP contribution in [0.3, 0.4) is 0 Å². The van der Waals surface area contributed by atoms with Crippen molar-refractivity contribution < 1.29 is 4.79 Å². The Morgan fingerprint density at radius 3 is 2.60 bits per heavy atom. The molecule has 1 saturated heterocycles. The van der Waals surface area contributed by atoms with E-state index < -0.39 is 11.4 Å². The summed E-state index contributed by atoms with van der Waals surface area (Å²) in [5.41, 5.74) is 10.5. The Morgan fingerprint density at radius 1 is 1.53 bits per heavy atom. The lowest BCUT2D eigenvalue weighted by atomic mass is 9.83. The van der Waals surface area contributed by atoms with E-state index in [-0.39, 0.29) is 0 Å². The molecular formula is C11H23N3O. The van der Waals surface area contributed by atoms with Gasteiger partial charge in [-0.3, -0.25) is 4.79 Å². The van der Waals surface area contributed by atoms with Gasteiger partial charge in [0.2, 0.25) is 5.91 Å². The van der Waals surface area contributed by atoms with Gasteiger partial charge in [0.15, 0.2) is 0 Å². The van der Waals surface area contributed by atoms with Gasteiger partial charge in [0.1, 0.15) is 5.54 Å². The lowest BCUT2D eigenvalue weighted by Gasteiger charge is -2.40. The standard InChI is InChI=1S/C11H23N3O/c1-10(2)5-4-6-14(7-10)8-11(3,13)9(12)15/h4-8,13H2,1-3H3,(H2,12,15). The van der Waals surface area contributed by atoms with Crippen molar-refractivity contribution in [1.82, 2.24) is 4.90 Å². The summed E-state index contributed by atoms with van der Waals surface area (Å²) in [6.45, 7) is 8.77. The van der Waals surface area contributed by atoms with Gasteiger partial charge in [0.05, 0.1) is 0 Å². The van der Waals surface area contributed by atoms with Crippen molar-refractivity contribution >= 4 is 5.91 Å². The Morgan fingerprint density at radius 2 is 2.13 bits per heavy atom. The summed E-state index contributed by atoms with van der Waals surface area (Å²) in [7, 11) is 0. The van der Waals surface area contributed by atoms with Crippen molar-refractivity contribution in [3.05, 3.63) is 0 Å². The molecule has 1 rings (SSSR count). The number of hydrogen-bond donors (Lipinski definition) is 2. The molecule has 1 aliphatic rings. The van der Waals surface area contributed by atoms with E-state index in [0.717, 1.165) is 13.1 Å². The molecule has 0 aromatic heterocycles. The molecule has 1 unspecified atom stereocenters. The topological polar surface area (TPSA) is 72.3 Å². The second-order valence-electron chi connectivity index (χ2n) is 5.76. The summed E-state index contributed by atoms with van der Waals surface area (Å²) in [6, 6.07) is 0. The number of carbonyl (C=O) groups excluding carboxylic acids is 1. The molecule has 4 N–H and O–H groups in total. The molecule has 4 heteroatoms. The van der Waals surface area contributed by atoms with Gasteiger partial charge in [-0.25, -0.2) is 0 Å². The van der Waals surface area contributed by atoms with Crippen molar-refractivity contribution in [3.8, 4) is 0 Å². The molecule has 0 saturated carbocycles. The first kappa shape index (κ1) is 12.5. The Hall–Kier alpha value is -0.610. The van der Waals surface area contributed by atoms with E-state index >= 15 is 0 Å². The predicted molar refractivity (Wildman–Crippen MR) is 61.2 cm³/mol. The van der Waals surface area contributed by atoms with Crippen LogP contribution in [0.1, 0.15) is 33.6 Å². The van der Waals surface area contributed by atoms with Gasteiger partial charge in [-0.2, -0.15) is 0 Å². The number of rotatable bonds is 3. The summed E-state index contributed by atoms with van der Waals surface area (Å²) >= 11 is 0. The zero-order chi connectivity index (χ0) is 11.7. The molecular weight excluding hydrogens is 190 g/mol. The normalized spacial score (nSPS) is 25.9. The highest BCUT2D eigenvalue weighted by atomic mass is 16.1. The van der Waals surface area contributed by atoms with E-state index in [1.807, 2.05) is 0 Å². The molecule has 0 aliphatic carbocycles. The van der Waals surface area contributed by atoms with E-state index in [2.05, 4.69) is 18.7 Å². The molecule has 1 aliphatic heterocycles. The zero-order valence-electron chi connectivity index (χ0n) is 10.0. The lowest BCUT2D eigenvalue weighted by Crippen LogP contribution is -2.58. The molecule has 15 heavy (non-hydrogen) atoms. The molecule has 0 aromatic carbocycles. The highest BCUT2D eigenvalue weighted by Gasteiger charge is 2.33. The van der Waals surface area contributed by atoms with Crippen LogP contribution in [0.2, 0.25) is 0 Å². The van der Waals surface area contributed by atoms with Gasteiger partial charge in [0, 0.05) is 13.1 Å². The van der Waals surface area contributed by atoms with Gasteiger partial charge < -0.3 is 16.4 Å². The summed E-state index contributed by atoms with van der Waals surface area (Å²) in [5.74, 6) is -0.425. The van der Waals surface area contributed by atoms with Gasteiger partial charge in [-0.1, -0.05) is 13.8 Å². The average Bonchev–Trinajstić information content (AvgIpc) is 2.00. The van der Waals surface area contributed by atoms with E-state index in [0.29, 0.717) is 12.0 Å². The van der Waals surface area contributed by atoms with Crippen LogP contribution in [-0.2, 0) is 4.79 Å². The Bertz CT molecular complexity index is 248. The van der Waals surface area contributed by atoms with Gasteiger partial charge >= 0.3 is 0 Å². The number of hydrogen-bond acceptors (Lipinski definition) is 3. The van der Waals surface area contributed by atoms with Gasteiger partial charge in [-0.05, 0) is 31.7 Å². The third-order valence-corrected chi connectivity index (χ3v) is 3.09. The number of nitrogens with two attached hydrogens (primary N) is 2. The number of carbonyl (C=O) groups is 1. The quantitative estimate of drug-likeness (QED) is 0.708. The van der Waals surface area contributed by atoms with Crippen LogP contribution in [-0.4, -0.2) is 36.0 Å². The van der Waals surface area contributed by atoms with Crippen LogP contribution in [0.5, 0.6) is 0 Å². The molecule has 88 valence electrons. The van der Waals surface area contributed by atoms with Crippen molar-refractivity contribution in [3.63, 3.8) is 0 Å². The molecule has 1 heterocycles. The minimum atomic E-state index is -0.909. The van der Waals surface area contributed by atoms with Gasteiger partial charge in [-0.15, -0.1) is 0 Å². The molecule has 4 nitrogen and oxygen atoms in total. The van der Waals surface area contributed by atoms with Crippen molar-refractivity contribution in [2.75, 3.05) is 19.6 Å². The number of likely N-dealkylation sites (tertiary alicyclic amines) is 1. The van der Waals surface area contributed by atoms with Crippen LogP contribution < -0.4 is 11.5 Å². The highest BCUT2D eigenvalue weighted by molar-refractivity contribution is 5.84. The van der Waals surface area contributed by atoms with E-state index in [1.165, 1.54) is 12.8 Å². The smallest absolute Gasteiger partial charge is 0.238 e. The van der Waals surface area contributed by atoms with Crippen molar-refractivity contribution in [1.29, 1.82) is 0 Å². The zero-order valence-corrected chi connectivity index (χ0v) is 10.0. The van der Waals surface area contributed by atoms with Crippen LogP contribution in [0.15, 0.2) is 0 Å². The first-order valence-corrected chi connectivity index (χ1v) is 5.54. The Balaban J connectivity index is 2.55. The lowest BCUT2D eigenvalue weighted by molar-refractivity contribution is -0.123. The second kappa shape index (κ2) is 4.10. The number of primary amides is 1. The maximum absolute atomic E-state index is 11.1. The first-order chi connectivity index (χ1) is 6.73. The predicted octanol–water partition coefficient (Wildman–Crippen LogP) is 0.311. The van der Waals surface area contributed by atoms with E-state index in [1.54, 1.807) is 6.92 Å². The molecule has 1 fully saturated rings. The largest absolute Gasteiger partial charge is 0.368 e. The maximum Gasteiger partial charge on any atom is 0.238 e. The summed E-state index contributed by atoms with van der Waals surface area (Å²) < 4.78 is 0. The maximum atomic E-state index is 11.1. The third-order valence-electron chi connectivity index (χ3n) is 3.09. The number of amides is 1. The van der Waals surface area contributed by atoms with Crippen LogP contribution in [0, 0.1) is 5.41 Å². The highest BCUT2D eigenvalue weighted by Crippen LogP contribution is 2.28. The second-order valence-corrected chi connectivity index (χ2v) is 5.76. The number of nitrogens with zero attached hydrogens (tertiary/aromatic N) is 1. The fourth-order valence-corrected chi connectivity index (χ4v) is 2.22. The molecule has 0 spiro atoms.